The highest BCUT2D eigenvalue weighted by atomic mass is 16.5. The molecule has 0 aliphatic heterocycles. The molecule has 7 nitrogen and oxygen atoms in total. The Hall–Kier alpha value is -1.63. The Kier molecular flexibility index (Phi) is 6.27. The number of hydrogen-bond donors (Lipinski definition) is 2. The molecule has 0 amide bonds. The minimum atomic E-state index is 0.0549. The third-order valence-electron chi connectivity index (χ3n) is 2.99. The Morgan fingerprint density at radius 1 is 1.26 bits per heavy atom. The Bertz CT molecular complexity index is 362. The molecule has 7 heteroatoms. The van der Waals surface area contributed by atoms with Crippen LogP contribution < -0.4 is 15.0 Å². The summed E-state index contributed by atoms with van der Waals surface area (Å²) in [5.41, 5.74) is 0. The van der Waals surface area contributed by atoms with E-state index in [1.165, 1.54) is 7.11 Å². The van der Waals surface area contributed by atoms with Gasteiger partial charge in [0.1, 0.15) is 0 Å². The number of aliphatic hydroxyl groups is 1. The molecule has 19 heavy (non-hydrogen) atoms. The summed E-state index contributed by atoms with van der Waals surface area (Å²) >= 11 is 0. The van der Waals surface area contributed by atoms with E-state index in [9.17, 15) is 5.11 Å². The summed E-state index contributed by atoms with van der Waals surface area (Å²) in [4.78, 5) is 14.7. The fraction of sp³-hybridized carbons (Fsp3) is 0.750. The minimum absolute atomic E-state index is 0.0549. The van der Waals surface area contributed by atoms with Gasteiger partial charge in [0.25, 0.3) is 0 Å². The Morgan fingerprint density at radius 2 is 1.95 bits per heavy atom. The quantitative estimate of drug-likeness (QED) is 0.725. The van der Waals surface area contributed by atoms with Crippen LogP contribution in [0.1, 0.15) is 26.7 Å². The van der Waals surface area contributed by atoms with Crippen molar-refractivity contribution in [2.45, 2.75) is 32.7 Å². The summed E-state index contributed by atoms with van der Waals surface area (Å²) in [5.74, 6) is 0.981. The number of nitrogens with zero attached hydrogens (tertiary/aromatic N) is 4. The molecule has 1 aromatic heterocycles. The average molecular weight is 269 g/mol. The lowest BCUT2D eigenvalue weighted by Crippen LogP contribution is -2.38. The summed E-state index contributed by atoms with van der Waals surface area (Å²) in [6, 6.07) is 0.548. The van der Waals surface area contributed by atoms with Gasteiger partial charge in [0.05, 0.1) is 13.7 Å². The SMILES string of the molecule is CCC(CC)N(CCO)c1nc(NC)nc(OC)n1. The molecule has 0 spiro atoms. The Morgan fingerprint density at radius 3 is 2.42 bits per heavy atom. The third-order valence-corrected chi connectivity index (χ3v) is 2.99. The van der Waals surface area contributed by atoms with Crippen LogP contribution in [0.3, 0.4) is 0 Å². The van der Waals surface area contributed by atoms with Crippen molar-refractivity contribution in [1.29, 1.82) is 0 Å². The summed E-state index contributed by atoms with van der Waals surface area (Å²) in [6.45, 7) is 4.76. The Labute approximate surface area is 114 Å². The van der Waals surface area contributed by atoms with Crippen molar-refractivity contribution in [2.75, 3.05) is 37.5 Å². The zero-order chi connectivity index (χ0) is 14.3. The minimum Gasteiger partial charge on any atom is -0.467 e. The third kappa shape index (κ3) is 3.92. The van der Waals surface area contributed by atoms with Gasteiger partial charge in [-0.2, -0.15) is 15.0 Å². The number of rotatable bonds is 8. The first-order chi connectivity index (χ1) is 9.19. The maximum atomic E-state index is 9.23. The summed E-state index contributed by atoms with van der Waals surface area (Å²) in [7, 11) is 3.26. The van der Waals surface area contributed by atoms with Crippen LogP contribution in [-0.4, -0.2) is 53.4 Å². The number of nitrogens with one attached hydrogen (secondary N) is 1. The molecular formula is C12H23N5O2. The van der Waals surface area contributed by atoms with Gasteiger partial charge in [-0.05, 0) is 12.8 Å². The van der Waals surface area contributed by atoms with E-state index < -0.39 is 0 Å². The molecule has 1 aromatic rings. The van der Waals surface area contributed by atoms with Gasteiger partial charge < -0.3 is 20.1 Å². The molecule has 2 N–H and O–H groups in total. The van der Waals surface area contributed by atoms with Gasteiger partial charge in [-0.25, -0.2) is 0 Å². The topological polar surface area (TPSA) is 83.4 Å². The lowest BCUT2D eigenvalue weighted by molar-refractivity contribution is 0.294. The predicted octanol–water partition coefficient (Wildman–Crippen LogP) is 0.909. The number of hydrogen-bond acceptors (Lipinski definition) is 7. The lowest BCUT2D eigenvalue weighted by atomic mass is 10.1. The van der Waals surface area contributed by atoms with Gasteiger partial charge in [0, 0.05) is 19.6 Å². The van der Waals surface area contributed by atoms with Gasteiger partial charge in [-0.1, -0.05) is 13.8 Å². The maximum absolute atomic E-state index is 9.23. The smallest absolute Gasteiger partial charge is 0.322 e. The van der Waals surface area contributed by atoms with Crippen molar-refractivity contribution in [3.8, 4) is 6.01 Å². The van der Waals surface area contributed by atoms with Crippen molar-refractivity contribution in [1.82, 2.24) is 15.0 Å². The number of methoxy groups -OCH3 is 1. The molecule has 0 atom stereocenters. The van der Waals surface area contributed by atoms with Crippen molar-refractivity contribution in [3.05, 3.63) is 0 Å². The summed E-state index contributed by atoms with van der Waals surface area (Å²) in [6.07, 6.45) is 1.92. The first-order valence-electron chi connectivity index (χ1n) is 6.55. The maximum Gasteiger partial charge on any atom is 0.322 e. The molecule has 0 aliphatic rings. The molecule has 0 bridgehead atoms. The molecule has 0 saturated carbocycles. The van der Waals surface area contributed by atoms with E-state index >= 15 is 0 Å². The zero-order valence-electron chi connectivity index (χ0n) is 12.1. The van der Waals surface area contributed by atoms with Crippen LogP contribution in [0.4, 0.5) is 11.9 Å². The van der Waals surface area contributed by atoms with Crippen molar-refractivity contribution in [3.63, 3.8) is 0 Å². The zero-order valence-corrected chi connectivity index (χ0v) is 12.1. The van der Waals surface area contributed by atoms with E-state index in [1.807, 2.05) is 4.90 Å². The predicted molar refractivity (Wildman–Crippen MR) is 74.7 cm³/mol. The van der Waals surface area contributed by atoms with E-state index in [1.54, 1.807) is 7.05 Å². The van der Waals surface area contributed by atoms with Crippen molar-refractivity contribution in [2.24, 2.45) is 0 Å². The largest absolute Gasteiger partial charge is 0.467 e. The van der Waals surface area contributed by atoms with Gasteiger partial charge in [-0.15, -0.1) is 0 Å². The van der Waals surface area contributed by atoms with E-state index in [-0.39, 0.29) is 18.7 Å². The molecule has 1 rings (SSSR count). The second kappa shape index (κ2) is 7.73. The molecule has 0 radical (unpaired) electrons. The van der Waals surface area contributed by atoms with Crippen molar-refractivity contribution < 1.29 is 9.84 Å². The van der Waals surface area contributed by atoms with E-state index in [0.29, 0.717) is 18.4 Å². The molecule has 108 valence electrons. The molecule has 0 unspecified atom stereocenters. The molecule has 1 heterocycles. The first-order valence-corrected chi connectivity index (χ1v) is 6.55. The van der Waals surface area contributed by atoms with Gasteiger partial charge in [0.15, 0.2) is 0 Å². The van der Waals surface area contributed by atoms with Gasteiger partial charge >= 0.3 is 6.01 Å². The second-order valence-electron chi connectivity index (χ2n) is 4.08. The van der Waals surface area contributed by atoms with Gasteiger partial charge in [0.2, 0.25) is 11.9 Å². The second-order valence-corrected chi connectivity index (χ2v) is 4.08. The van der Waals surface area contributed by atoms with Crippen LogP contribution in [0.15, 0.2) is 0 Å². The van der Waals surface area contributed by atoms with Crippen LogP contribution >= 0.6 is 0 Å². The first kappa shape index (κ1) is 15.4. The van der Waals surface area contributed by atoms with Crippen LogP contribution in [0.5, 0.6) is 6.01 Å². The summed E-state index contributed by atoms with van der Waals surface area (Å²) in [5, 5.41) is 12.1. The molecule has 0 saturated heterocycles. The highest BCUT2D eigenvalue weighted by molar-refractivity contribution is 5.39. The molecular weight excluding hydrogens is 246 g/mol. The Balaban J connectivity index is 3.12. The van der Waals surface area contributed by atoms with Crippen LogP contribution in [-0.2, 0) is 0 Å². The highest BCUT2D eigenvalue weighted by Gasteiger charge is 2.19. The molecule has 0 aliphatic carbocycles. The standard InChI is InChI=1S/C12H23N5O2/c1-5-9(6-2)17(7-8-18)11-14-10(13-3)15-12(16-11)19-4/h9,18H,5-8H2,1-4H3,(H,13,14,15,16). The lowest BCUT2D eigenvalue weighted by Gasteiger charge is -2.30. The molecule has 0 aromatic carbocycles. The number of ether oxygens (including phenoxy) is 1. The molecule has 0 fully saturated rings. The van der Waals surface area contributed by atoms with Crippen molar-refractivity contribution >= 4 is 11.9 Å². The monoisotopic (exact) mass is 269 g/mol. The van der Waals surface area contributed by atoms with E-state index in [4.69, 9.17) is 4.74 Å². The van der Waals surface area contributed by atoms with E-state index in [0.717, 1.165) is 12.8 Å². The highest BCUT2D eigenvalue weighted by Crippen LogP contribution is 2.19. The number of anilines is 2. The fourth-order valence-electron chi connectivity index (χ4n) is 1.96. The van der Waals surface area contributed by atoms with Crippen LogP contribution in [0, 0.1) is 0 Å². The van der Waals surface area contributed by atoms with Crippen LogP contribution in [0.2, 0.25) is 0 Å². The number of aromatic nitrogens is 3. The summed E-state index contributed by atoms with van der Waals surface area (Å²) < 4.78 is 5.08. The van der Waals surface area contributed by atoms with Crippen LogP contribution in [0.25, 0.3) is 0 Å². The average Bonchev–Trinajstić information content (AvgIpc) is 2.46. The fourth-order valence-corrected chi connectivity index (χ4v) is 1.96. The number of aliphatic hydroxyl groups excluding tert-OH is 1. The van der Waals surface area contributed by atoms with Gasteiger partial charge in [-0.3, -0.25) is 0 Å². The van der Waals surface area contributed by atoms with E-state index in [2.05, 4.69) is 34.1 Å². The normalized spacial score (nSPS) is 10.6.